The largest absolute Gasteiger partial charge is 0.416 e. The Bertz CT molecular complexity index is 1100. The summed E-state index contributed by atoms with van der Waals surface area (Å²) in [5, 5.41) is 0. The molecule has 0 saturated carbocycles. The van der Waals surface area contributed by atoms with E-state index in [9.17, 15) is 18.0 Å². The summed E-state index contributed by atoms with van der Waals surface area (Å²) in [7, 11) is 0. The summed E-state index contributed by atoms with van der Waals surface area (Å²) in [5.41, 5.74) is 9.30. The van der Waals surface area contributed by atoms with Crippen molar-refractivity contribution in [2.24, 2.45) is 0 Å². The van der Waals surface area contributed by atoms with E-state index in [1.54, 1.807) is 17.3 Å². The number of anilines is 1. The van der Waals surface area contributed by atoms with Gasteiger partial charge in [-0.1, -0.05) is 12.1 Å². The van der Waals surface area contributed by atoms with Gasteiger partial charge in [-0.3, -0.25) is 4.79 Å². The number of aryl methyl sites for hydroxylation is 1. The molecule has 3 aromatic rings. The van der Waals surface area contributed by atoms with Gasteiger partial charge in [0.25, 0.3) is 5.91 Å². The second-order valence-electron chi connectivity index (χ2n) is 7.46. The van der Waals surface area contributed by atoms with Gasteiger partial charge in [-0.25, -0.2) is 15.0 Å². The van der Waals surface area contributed by atoms with Gasteiger partial charge in [0.05, 0.1) is 22.5 Å². The van der Waals surface area contributed by atoms with Crippen molar-refractivity contribution in [3.63, 3.8) is 0 Å². The number of piperidine rings is 1. The lowest BCUT2D eigenvalue weighted by molar-refractivity contribution is -0.137. The number of aromatic nitrogens is 3. The molecule has 4 rings (SSSR count). The highest BCUT2D eigenvalue weighted by Gasteiger charge is 2.31. The number of benzene rings is 1. The summed E-state index contributed by atoms with van der Waals surface area (Å²) in [6.45, 7) is 2.88. The van der Waals surface area contributed by atoms with Crippen LogP contribution in [0.5, 0.6) is 0 Å². The first-order valence-electron chi connectivity index (χ1n) is 9.73. The molecule has 1 amide bonds. The maximum absolute atomic E-state index is 12.9. The van der Waals surface area contributed by atoms with Gasteiger partial charge < -0.3 is 10.6 Å². The predicted octanol–water partition coefficient (Wildman–Crippen LogP) is 4.53. The summed E-state index contributed by atoms with van der Waals surface area (Å²) >= 11 is 1.31. The molecule has 0 spiro atoms. The number of rotatable bonds is 3. The van der Waals surface area contributed by atoms with Crippen LogP contribution in [0.1, 0.15) is 45.4 Å². The third-order valence-electron chi connectivity index (χ3n) is 5.40. The average Bonchev–Trinajstić information content (AvgIpc) is 3.18. The third kappa shape index (κ3) is 4.39. The summed E-state index contributed by atoms with van der Waals surface area (Å²) < 4.78 is 38.8. The van der Waals surface area contributed by atoms with Crippen LogP contribution in [-0.2, 0) is 6.18 Å². The molecule has 1 fully saturated rings. The van der Waals surface area contributed by atoms with Crippen molar-refractivity contribution in [3.05, 3.63) is 57.8 Å². The lowest BCUT2D eigenvalue weighted by Crippen LogP contribution is -2.39. The number of amides is 1. The maximum Gasteiger partial charge on any atom is 0.416 e. The van der Waals surface area contributed by atoms with E-state index in [4.69, 9.17) is 5.73 Å². The number of thiazole rings is 1. The lowest BCUT2D eigenvalue weighted by Gasteiger charge is -2.33. The highest BCUT2D eigenvalue weighted by atomic mass is 32.1. The Morgan fingerprint density at radius 3 is 2.61 bits per heavy atom. The monoisotopic (exact) mass is 447 g/mol. The fraction of sp³-hybridized carbons (Fsp3) is 0.333. The van der Waals surface area contributed by atoms with Gasteiger partial charge in [0.1, 0.15) is 4.88 Å². The minimum Gasteiger partial charge on any atom is -0.368 e. The number of likely N-dealkylation sites (tertiary alicyclic amines) is 1. The smallest absolute Gasteiger partial charge is 0.368 e. The molecule has 10 heteroatoms. The van der Waals surface area contributed by atoms with Crippen molar-refractivity contribution in [2.75, 3.05) is 18.8 Å². The van der Waals surface area contributed by atoms with E-state index < -0.39 is 11.7 Å². The zero-order valence-electron chi connectivity index (χ0n) is 16.7. The maximum atomic E-state index is 12.9. The number of carbonyl (C=O) groups excluding carboxylic acids is 1. The van der Waals surface area contributed by atoms with E-state index in [0.29, 0.717) is 40.5 Å². The Morgan fingerprint density at radius 1 is 1.23 bits per heavy atom. The Balaban J connectivity index is 1.64. The summed E-state index contributed by atoms with van der Waals surface area (Å²) in [4.78, 5) is 28.0. The third-order valence-corrected chi connectivity index (χ3v) is 6.31. The van der Waals surface area contributed by atoms with Gasteiger partial charge in [0.2, 0.25) is 5.95 Å². The minimum absolute atomic E-state index is 0.0668. The number of carbonyl (C=O) groups is 1. The highest BCUT2D eigenvalue weighted by Crippen LogP contribution is 2.36. The molecule has 1 unspecified atom stereocenters. The van der Waals surface area contributed by atoms with Crippen molar-refractivity contribution >= 4 is 23.2 Å². The molecule has 2 aromatic heterocycles. The first-order valence-corrected chi connectivity index (χ1v) is 10.6. The van der Waals surface area contributed by atoms with Crippen LogP contribution in [0.3, 0.4) is 0 Å². The fourth-order valence-electron chi connectivity index (χ4n) is 3.82. The van der Waals surface area contributed by atoms with Crippen LogP contribution in [-0.4, -0.2) is 38.8 Å². The molecule has 0 aliphatic carbocycles. The molecule has 2 N–H and O–H groups in total. The van der Waals surface area contributed by atoms with Crippen molar-refractivity contribution in [2.45, 2.75) is 31.9 Å². The van der Waals surface area contributed by atoms with Gasteiger partial charge in [-0.15, -0.1) is 11.3 Å². The molecule has 3 heterocycles. The Kier molecular flexibility index (Phi) is 5.65. The molecule has 1 atom stereocenters. The van der Waals surface area contributed by atoms with Crippen LogP contribution < -0.4 is 5.73 Å². The number of hydrogen-bond donors (Lipinski definition) is 1. The first-order chi connectivity index (χ1) is 14.7. The molecule has 1 aromatic carbocycles. The SMILES string of the molecule is Cc1ncsc1C(=O)N1CCCC(c2nc(N)ncc2-c2ccc(C(F)(F)F)cc2)C1. The van der Waals surface area contributed by atoms with E-state index in [1.807, 2.05) is 0 Å². The summed E-state index contributed by atoms with van der Waals surface area (Å²) in [5.74, 6) is -0.0799. The van der Waals surface area contributed by atoms with Crippen molar-refractivity contribution in [1.82, 2.24) is 19.9 Å². The van der Waals surface area contributed by atoms with Gasteiger partial charge in [-0.2, -0.15) is 13.2 Å². The van der Waals surface area contributed by atoms with E-state index in [0.717, 1.165) is 25.0 Å². The van der Waals surface area contributed by atoms with Gasteiger partial charge in [0.15, 0.2) is 0 Å². The summed E-state index contributed by atoms with van der Waals surface area (Å²) in [6.07, 6.45) is -1.30. The van der Waals surface area contributed by atoms with Crippen molar-refractivity contribution in [1.29, 1.82) is 0 Å². The zero-order chi connectivity index (χ0) is 22.2. The zero-order valence-corrected chi connectivity index (χ0v) is 17.5. The first kappa shape index (κ1) is 21.2. The van der Waals surface area contributed by atoms with Gasteiger partial charge in [-0.05, 0) is 37.5 Å². The molecule has 31 heavy (non-hydrogen) atoms. The summed E-state index contributed by atoms with van der Waals surface area (Å²) in [6, 6.07) is 4.90. The van der Waals surface area contributed by atoms with Crippen LogP contribution in [0, 0.1) is 6.92 Å². The van der Waals surface area contributed by atoms with Crippen LogP contribution >= 0.6 is 11.3 Å². The number of hydrogen-bond acceptors (Lipinski definition) is 6. The number of nitrogen functional groups attached to an aromatic ring is 1. The Morgan fingerprint density at radius 2 is 1.97 bits per heavy atom. The molecular weight excluding hydrogens is 427 g/mol. The topological polar surface area (TPSA) is 85.0 Å². The molecule has 1 saturated heterocycles. The van der Waals surface area contributed by atoms with E-state index in [1.165, 1.54) is 29.7 Å². The molecule has 1 aliphatic rings. The van der Waals surface area contributed by atoms with Crippen LogP contribution in [0.4, 0.5) is 19.1 Å². The van der Waals surface area contributed by atoms with E-state index in [-0.39, 0.29) is 17.8 Å². The number of halogens is 3. The Labute approximate surface area is 181 Å². The van der Waals surface area contributed by atoms with Crippen LogP contribution in [0.2, 0.25) is 0 Å². The molecule has 6 nitrogen and oxygen atoms in total. The highest BCUT2D eigenvalue weighted by molar-refractivity contribution is 7.11. The molecular formula is C21H20F3N5OS. The second kappa shape index (κ2) is 8.26. The Hall–Kier alpha value is -3.01. The average molecular weight is 447 g/mol. The van der Waals surface area contributed by atoms with E-state index >= 15 is 0 Å². The normalized spacial score (nSPS) is 17.0. The quantitative estimate of drug-likeness (QED) is 0.638. The van der Waals surface area contributed by atoms with Crippen LogP contribution in [0.25, 0.3) is 11.1 Å². The number of nitrogens with two attached hydrogens (primary N) is 1. The molecule has 0 bridgehead atoms. The van der Waals surface area contributed by atoms with Gasteiger partial charge >= 0.3 is 6.18 Å². The van der Waals surface area contributed by atoms with E-state index in [2.05, 4.69) is 15.0 Å². The van der Waals surface area contributed by atoms with Gasteiger partial charge in [0, 0.05) is 30.8 Å². The lowest BCUT2D eigenvalue weighted by atomic mass is 9.89. The predicted molar refractivity (Wildman–Crippen MR) is 112 cm³/mol. The standard InChI is InChI=1S/C21H20F3N5OS/c1-12-18(31-11-27-12)19(30)29-8-2-3-14(10-29)17-16(9-26-20(25)28-17)13-4-6-15(7-5-13)21(22,23)24/h4-7,9,11,14H,2-3,8,10H2,1H3,(H2,25,26,28). The number of alkyl halides is 3. The fourth-order valence-corrected chi connectivity index (χ4v) is 4.59. The molecule has 0 radical (unpaired) electrons. The molecule has 1 aliphatic heterocycles. The van der Waals surface area contributed by atoms with Crippen LogP contribution in [0.15, 0.2) is 36.0 Å². The molecule has 162 valence electrons. The van der Waals surface area contributed by atoms with Crippen molar-refractivity contribution in [3.8, 4) is 11.1 Å². The number of nitrogens with zero attached hydrogens (tertiary/aromatic N) is 4. The van der Waals surface area contributed by atoms with Crippen molar-refractivity contribution < 1.29 is 18.0 Å². The second-order valence-corrected chi connectivity index (χ2v) is 8.31. The minimum atomic E-state index is -4.40.